The van der Waals surface area contributed by atoms with Gasteiger partial charge in [0.15, 0.2) is 0 Å². The standard InChI is InChI=1S/C18H32N4O9S/c1-18(2,3)30-17(25)21-10-6-4-8-13(21)12-29-19-15(23)14-9-5-7-11-22(14)16(24)20-31-32(26,27)28/h13-14H,4-12H2,1-3H3,(H,19,23)(H,20,24)(H,26,27,28)/t13-,14+/m1/s1. The molecule has 13 nitrogen and oxygen atoms in total. The van der Waals surface area contributed by atoms with E-state index in [1.54, 1.807) is 31.2 Å². The number of hydrogen-bond donors (Lipinski definition) is 3. The van der Waals surface area contributed by atoms with Gasteiger partial charge in [0, 0.05) is 13.1 Å². The lowest BCUT2D eigenvalue weighted by atomic mass is 10.0. The molecule has 0 saturated carbocycles. The Bertz CT molecular complexity index is 784. The summed E-state index contributed by atoms with van der Waals surface area (Å²) in [5, 5.41) is 0. The molecule has 2 aliphatic rings. The fourth-order valence-corrected chi connectivity index (χ4v) is 3.78. The summed E-state index contributed by atoms with van der Waals surface area (Å²) in [4.78, 5) is 45.2. The lowest BCUT2D eigenvalue weighted by Gasteiger charge is -2.37. The molecule has 0 unspecified atom stereocenters. The first kappa shape index (κ1) is 26.1. The number of nitrogens with one attached hydrogen (secondary N) is 2. The number of likely N-dealkylation sites (tertiary alicyclic amines) is 2. The van der Waals surface area contributed by atoms with Crippen molar-refractivity contribution in [3.05, 3.63) is 0 Å². The van der Waals surface area contributed by atoms with Crippen molar-refractivity contribution >= 4 is 28.4 Å². The molecule has 2 fully saturated rings. The zero-order valence-electron chi connectivity index (χ0n) is 18.5. The van der Waals surface area contributed by atoms with Crippen LogP contribution in [0.25, 0.3) is 0 Å². The van der Waals surface area contributed by atoms with E-state index in [0.29, 0.717) is 32.2 Å². The van der Waals surface area contributed by atoms with Gasteiger partial charge in [0.05, 0.1) is 12.6 Å². The van der Waals surface area contributed by atoms with Crippen LogP contribution in [0.15, 0.2) is 0 Å². The van der Waals surface area contributed by atoms with E-state index in [1.165, 1.54) is 0 Å². The van der Waals surface area contributed by atoms with Crippen molar-refractivity contribution in [2.24, 2.45) is 0 Å². The Hall–Kier alpha value is -2.16. The van der Waals surface area contributed by atoms with E-state index in [-0.39, 0.29) is 19.2 Å². The van der Waals surface area contributed by atoms with Gasteiger partial charge in [0.25, 0.3) is 5.91 Å². The highest BCUT2D eigenvalue weighted by atomic mass is 32.3. The summed E-state index contributed by atoms with van der Waals surface area (Å²) >= 11 is 0. The highest BCUT2D eigenvalue weighted by Crippen LogP contribution is 2.21. The summed E-state index contributed by atoms with van der Waals surface area (Å²) in [5.41, 5.74) is 3.28. The van der Waals surface area contributed by atoms with Crippen LogP contribution < -0.4 is 11.0 Å². The van der Waals surface area contributed by atoms with Gasteiger partial charge in [-0.05, 0) is 59.3 Å². The van der Waals surface area contributed by atoms with E-state index < -0.39 is 40.1 Å². The van der Waals surface area contributed by atoms with Crippen LogP contribution in [0.2, 0.25) is 0 Å². The molecule has 0 aliphatic carbocycles. The lowest BCUT2D eigenvalue weighted by Crippen LogP contribution is -2.55. The smallest absolute Gasteiger partial charge is 0.418 e. The van der Waals surface area contributed by atoms with E-state index in [0.717, 1.165) is 17.7 Å². The van der Waals surface area contributed by atoms with Gasteiger partial charge < -0.3 is 14.5 Å². The van der Waals surface area contributed by atoms with Crippen molar-refractivity contribution in [1.29, 1.82) is 0 Å². The maximum Gasteiger partial charge on any atom is 0.418 e. The number of piperidine rings is 2. The van der Waals surface area contributed by atoms with Crippen molar-refractivity contribution in [2.75, 3.05) is 19.7 Å². The normalized spacial score (nSPS) is 22.2. The summed E-state index contributed by atoms with van der Waals surface area (Å²) < 4.78 is 39.2. The summed E-state index contributed by atoms with van der Waals surface area (Å²) in [5.74, 6) is -0.591. The highest BCUT2D eigenvalue weighted by Gasteiger charge is 2.34. The van der Waals surface area contributed by atoms with Crippen molar-refractivity contribution in [3.8, 4) is 0 Å². The molecular formula is C18H32N4O9S. The number of hydroxylamine groups is 2. The van der Waals surface area contributed by atoms with E-state index in [2.05, 4.69) is 9.76 Å². The Morgan fingerprint density at radius 2 is 1.62 bits per heavy atom. The van der Waals surface area contributed by atoms with E-state index in [4.69, 9.17) is 14.1 Å². The maximum absolute atomic E-state index is 12.6. The van der Waals surface area contributed by atoms with Crippen LogP contribution in [0.3, 0.4) is 0 Å². The molecule has 0 radical (unpaired) electrons. The largest absolute Gasteiger partial charge is 0.444 e. The van der Waals surface area contributed by atoms with Crippen molar-refractivity contribution < 1.29 is 41.2 Å². The predicted octanol–water partition coefficient (Wildman–Crippen LogP) is 1.12. The zero-order valence-corrected chi connectivity index (χ0v) is 19.4. The van der Waals surface area contributed by atoms with Gasteiger partial charge in [0.1, 0.15) is 11.6 Å². The first-order valence-electron chi connectivity index (χ1n) is 10.5. The van der Waals surface area contributed by atoms with Crippen LogP contribution >= 0.6 is 0 Å². The molecule has 0 aromatic carbocycles. The third kappa shape index (κ3) is 8.41. The molecule has 2 heterocycles. The minimum absolute atomic E-state index is 0.0514. The minimum Gasteiger partial charge on any atom is -0.444 e. The van der Waals surface area contributed by atoms with Crippen molar-refractivity contribution in [1.82, 2.24) is 20.8 Å². The second kappa shape index (κ2) is 11.1. The second-order valence-corrected chi connectivity index (χ2v) is 9.75. The number of carbonyl (C=O) groups excluding carboxylic acids is 3. The van der Waals surface area contributed by atoms with Gasteiger partial charge >= 0.3 is 22.5 Å². The molecule has 0 spiro atoms. The van der Waals surface area contributed by atoms with Crippen LogP contribution in [-0.4, -0.2) is 78.2 Å². The Balaban J connectivity index is 1.89. The van der Waals surface area contributed by atoms with Crippen LogP contribution in [0, 0.1) is 0 Å². The molecule has 184 valence electrons. The first-order valence-corrected chi connectivity index (χ1v) is 11.9. The average molecular weight is 481 g/mol. The number of nitrogens with zero attached hydrogens (tertiary/aromatic N) is 2. The number of urea groups is 1. The molecule has 0 aromatic heterocycles. The monoisotopic (exact) mass is 480 g/mol. The van der Waals surface area contributed by atoms with Gasteiger partial charge in [-0.15, -0.1) is 4.28 Å². The van der Waals surface area contributed by atoms with Crippen LogP contribution in [-0.2, 0) is 29.1 Å². The third-order valence-corrected chi connectivity index (χ3v) is 5.30. The number of amides is 4. The van der Waals surface area contributed by atoms with Crippen molar-refractivity contribution in [2.45, 2.75) is 77.0 Å². The molecule has 3 N–H and O–H groups in total. The van der Waals surface area contributed by atoms with Gasteiger partial charge in [-0.2, -0.15) is 13.9 Å². The van der Waals surface area contributed by atoms with E-state index in [1.807, 2.05) is 0 Å². The van der Waals surface area contributed by atoms with E-state index in [9.17, 15) is 22.8 Å². The predicted molar refractivity (Wildman–Crippen MR) is 110 cm³/mol. The van der Waals surface area contributed by atoms with Gasteiger partial charge in [-0.3, -0.25) is 14.2 Å². The van der Waals surface area contributed by atoms with Crippen LogP contribution in [0.5, 0.6) is 0 Å². The number of carbonyl (C=O) groups is 3. The summed E-state index contributed by atoms with van der Waals surface area (Å²) in [6.45, 7) is 6.12. The number of ether oxygens (including phenoxy) is 1. The second-order valence-electron chi connectivity index (χ2n) is 8.72. The Labute approximate surface area is 187 Å². The van der Waals surface area contributed by atoms with E-state index >= 15 is 0 Å². The summed E-state index contributed by atoms with van der Waals surface area (Å²) in [6, 6.07) is -2.17. The fraction of sp³-hybridized carbons (Fsp3) is 0.833. The molecule has 14 heteroatoms. The summed E-state index contributed by atoms with van der Waals surface area (Å²) in [6.07, 6.45) is 3.63. The maximum atomic E-state index is 12.6. The fourth-order valence-electron chi connectivity index (χ4n) is 3.61. The molecule has 2 aliphatic heterocycles. The molecule has 2 rings (SSSR count). The molecular weight excluding hydrogens is 448 g/mol. The summed E-state index contributed by atoms with van der Waals surface area (Å²) in [7, 11) is -4.87. The minimum atomic E-state index is -4.87. The third-order valence-electron chi connectivity index (χ3n) is 5.00. The average Bonchev–Trinajstić information content (AvgIpc) is 2.70. The number of rotatable bonds is 6. The Kier molecular flexibility index (Phi) is 9.07. The van der Waals surface area contributed by atoms with Gasteiger partial charge in [-0.25, -0.2) is 15.1 Å². The van der Waals surface area contributed by atoms with Gasteiger partial charge in [0.2, 0.25) is 0 Å². The van der Waals surface area contributed by atoms with Crippen LogP contribution in [0.1, 0.15) is 59.3 Å². The lowest BCUT2D eigenvalue weighted by molar-refractivity contribution is -0.141. The molecule has 2 atom stereocenters. The molecule has 32 heavy (non-hydrogen) atoms. The first-order chi connectivity index (χ1) is 14.9. The Morgan fingerprint density at radius 1 is 1.00 bits per heavy atom. The topological polar surface area (TPSA) is 164 Å². The molecule has 0 aromatic rings. The Morgan fingerprint density at radius 3 is 2.25 bits per heavy atom. The highest BCUT2D eigenvalue weighted by molar-refractivity contribution is 7.80. The molecule has 0 bridgehead atoms. The quantitative estimate of drug-likeness (QED) is 0.373. The SMILES string of the molecule is CC(C)(C)OC(=O)N1CCCC[C@@H]1CONC(=O)[C@@H]1CCCCN1C(=O)NOS(=O)(=O)O. The number of hydrogen-bond acceptors (Lipinski definition) is 8. The van der Waals surface area contributed by atoms with Gasteiger partial charge in [-0.1, -0.05) is 0 Å². The van der Waals surface area contributed by atoms with Crippen LogP contribution in [0.4, 0.5) is 9.59 Å². The molecule has 4 amide bonds. The zero-order chi connectivity index (χ0) is 23.9. The molecule has 2 saturated heterocycles. The van der Waals surface area contributed by atoms with Crippen molar-refractivity contribution in [3.63, 3.8) is 0 Å².